The number of hydrogen-bond acceptors (Lipinski definition) is 6. The lowest BCUT2D eigenvalue weighted by Crippen LogP contribution is -2.69. The first-order valence-corrected chi connectivity index (χ1v) is 13.2. The minimum Gasteiger partial charge on any atom is -0.469 e. The lowest BCUT2D eigenvalue weighted by atomic mass is 9.72. The van der Waals surface area contributed by atoms with Crippen molar-refractivity contribution in [2.75, 3.05) is 46.8 Å². The number of β-lactam (4-membered cyclic amide) rings is 1. The van der Waals surface area contributed by atoms with Crippen molar-refractivity contribution in [3.05, 3.63) is 29.8 Å². The summed E-state index contributed by atoms with van der Waals surface area (Å²) in [6.45, 7) is 8.08. The molecule has 1 unspecified atom stereocenters. The Morgan fingerprint density at radius 3 is 2.22 bits per heavy atom. The first-order chi connectivity index (χ1) is 17.7. The number of benzene rings is 1. The molecular weight excluding hydrogens is 474 g/mol. The van der Waals surface area contributed by atoms with Crippen LogP contribution in [-0.4, -0.2) is 91.9 Å². The molecule has 1 aromatic carbocycles. The summed E-state index contributed by atoms with van der Waals surface area (Å²) in [4.78, 5) is 50.7. The third-order valence-corrected chi connectivity index (χ3v) is 7.30. The van der Waals surface area contributed by atoms with E-state index in [1.165, 1.54) is 0 Å². The second kappa shape index (κ2) is 14.6. The smallest absolute Gasteiger partial charge is 0.253 e. The third kappa shape index (κ3) is 7.92. The minimum absolute atomic E-state index is 0.0667. The van der Waals surface area contributed by atoms with Crippen molar-refractivity contribution in [2.24, 2.45) is 11.1 Å². The summed E-state index contributed by atoms with van der Waals surface area (Å²) in [6.07, 6.45) is 5.05. The van der Waals surface area contributed by atoms with Crippen LogP contribution in [0.25, 0.3) is 0 Å². The van der Waals surface area contributed by atoms with E-state index in [0.29, 0.717) is 30.7 Å². The van der Waals surface area contributed by atoms with Gasteiger partial charge in [-0.25, -0.2) is 0 Å². The van der Waals surface area contributed by atoms with Gasteiger partial charge in [-0.2, -0.15) is 0 Å². The van der Waals surface area contributed by atoms with Gasteiger partial charge in [-0.1, -0.05) is 20.3 Å². The molecule has 0 bridgehead atoms. The second-order valence-electron chi connectivity index (χ2n) is 9.72. The number of nitrogens with one attached hydrogen (secondary N) is 1. The molecule has 1 aromatic rings. The highest BCUT2D eigenvalue weighted by Gasteiger charge is 2.58. The van der Waals surface area contributed by atoms with Crippen molar-refractivity contribution < 1.29 is 23.9 Å². The molecule has 10 nitrogen and oxygen atoms in total. The third-order valence-electron chi connectivity index (χ3n) is 7.30. The van der Waals surface area contributed by atoms with Crippen LogP contribution in [0.1, 0.15) is 62.7 Å². The van der Waals surface area contributed by atoms with Crippen molar-refractivity contribution in [1.29, 1.82) is 0 Å². The summed E-state index contributed by atoms with van der Waals surface area (Å²) < 4.78 is 6.10. The molecule has 2 fully saturated rings. The molecule has 10 heteroatoms. The van der Waals surface area contributed by atoms with Gasteiger partial charge in [0, 0.05) is 51.8 Å². The monoisotopic (exact) mass is 517 g/mol. The molecule has 0 aromatic heterocycles. The predicted octanol–water partition coefficient (Wildman–Crippen LogP) is 1.84. The quantitative estimate of drug-likeness (QED) is 0.248. The summed E-state index contributed by atoms with van der Waals surface area (Å²) in [6, 6.07) is 7.29. The number of rotatable bonds is 12. The Labute approximate surface area is 220 Å². The summed E-state index contributed by atoms with van der Waals surface area (Å²) in [5.74, 6) is 0.648. The SMILES string of the molecule is CCC1(CC)C(=O)N(C)C1Oc1ccc(C(=O)N2CCN(C)CC2)cc1.NC(=O)CCCCCNC=O. The highest BCUT2D eigenvalue weighted by molar-refractivity contribution is 5.94. The Hall–Kier alpha value is -3.14. The van der Waals surface area contributed by atoms with Gasteiger partial charge in [-0.3, -0.25) is 19.2 Å². The van der Waals surface area contributed by atoms with Crippen molar-refractivity contribution in [3.63, 3.8) is 0 Å². The summed E-state index contributed by atoms with van der Waals surface area (Å²) in [5.41, 5.74) is 5.17. The van der Waals surface area contributed by atoms with Crippen LogP contribution >= 0.6 is 0 Å². The Balaban J connectivity index is 0.000000371. The fraction of sp³-hybridized carbons (Fsp3) is 0.630. The van der Waals surface area contributed by atoms with Gasteiger partial charge in [-0.05, 0) is 57.0 Å². The molecule has 2 saturated heterocycles. The number of piperazine rings is 1. The van der Waals surface area contributed by atoms with E-state index < -0.39 is 5.41 Å². The number of ether oxygens (including phenoxy) is 1. The molecule has 4 amide bonds. The largest absolute Gasteiger partial charge is 0.469 e. The number of carbonyl (C=O) groups excluding carboxylic acids is 4. The van der Waals surface area contributed by atoms with E-state index in [4.69, 9.17) is 10.5 Å². The standard InChI is InChI=1S/C20H29N3O3.C7H14N2O2/c1-5-20(6-2)18(25)22(4)19(20)26-16-9-7-15(8-10-16)17(24)23-13-11-21(3)12-14-23;8-7(11)4-2-1-3-5-9-6-10/h7-10,19H,5-6,11-14H2,1-4H3;6H,1-5H2,(H2,8,11)(H,9,10). The molecule has 2 heterocycles. The molecule has 2 aliphatic heterocycles. The zero-order chi connectivity index (χ0) is 27.4. The van der Waals surface area contributed by atoms with Crippen LogP contribution in [0.4, 0.5) is 0 Å². The zero-order valence-corrected chi connectivity index (χ0v) is 22.7. The van der Waals surface area contributed by atoms with Crippen LogP contribution < -0.4 is 15.8 Å². The highest BCUT2D eigenvalue weighted by atomic mass is 16.5. The normalized spacial score (nSPS) is 18.8. The number of nitrogens with zero attached hydrogens (tertiary/aromatic N) is 3. The van der Waals surface area contributed by atoms with Crippen molar-refractivity contribution >= 4 is 24.1 Å². The van der Waals surface area contributed by atoms with Crippen LogP contribution in [0.3, 0.4) is 0 Å². The van der Waals surface area contributed by atoms with Crippen molar-refractivity contribution in [3.8, 4) is 5.75 Å². The van der Waals surface area contributed by atoms with Crippen LogP contribution in [0.15, 0.2) is 24.3 Å². The molecule has 0 radical (unpaired) electrons. The van der Waals surface area contributed by atoms with Crippen molar-refractivity contribution in [1.82, 2.24) is 20.0 Å². The highest BCUT2D eigenvalue weighted by Crippen LogP contribution is 2.44. The molecule has 206 valence electrons. The van der Waals surface area contributed by atoms with E-state index in [9.17, 15) is 19.2 Å². The topological polar surface area (TPSA) is 125 Å². The number of primary amides is 1. The molecule has 3 rings (SSSR count). The van der Waals surface area contributed by atoms with Crippen LogP contribution in [0, 0.1) is 5.41 Å². The maximum absolute atomic E-state index is 12.6. The van der Waals surface area contributed by atoms with Gasteiger partial charge in [0.25, 0.3) is 5.91 Å². The lowest BCUT2D eigenvalue weighted by Gasteiger charge is -2.53. The predicted molar refractivity (Wildman–Crippen MR) is 142 cm³/mol. The van der Waals surface area contributed by atoms with E-state index in [2.05, 4.69) is 17.3 Å². The number of carbonyl (C=O) groups is 4. The van der Waals surface area contributed by atoms with Crippen LogP contribution in [0.5, 0.6) is 5.75 Å². The van der Waals surface area contributed by atoms with E-state index in [-0.39, 0.29) is 23.9 Å². The number of nitrogens with two attached hydrogens (primary N) is 1. The maximum atomic E-state index is 12.6. The lowest BCUT2D eigenvalue weighted by molar-refractivity contribution is -0.197. The van der Waals surface area contributed by atoms with E-state index in [0.717, 1.165) is 58.3 Å². The minimum atomic E-state index is -0.428. The number of amides is 4. The Kier molecular flexibility index (Phi) is 11.8. The average Bonchev–Trinajstić information content (AvgIpc) is 2.91. The molecule has 2 aliphatic rings. The summed E-state index contributed by atoms with van der Waals surface area (Å²) in [5, 5.41) is 2.54. The van der Waals surface area contributed by atoms with Crippen molar-refractivity contribution in [2.45, 2.75) is 58.6 Å². The number of hydrogen-bond donors (Lipinski definition) is 2. The van der Waals surface area contributed by atoms with E-state index in [1.54, 1.807) is 11.9 Å². The van der Waals surface area contributed by atoms with Gasteiger partial charge in [-0.15, -0.1) is 0 Å². The van der Waals surface area contributed by atoms with Gasteiger partial charge in [0.05, 0.1) is 0 Å². The summed E-state index contributed by atoms with van der Waals surface area (Å²) >= 11 is 0. The number of likely N-dealkylation sites (N-methyl/N-ethyl adjacent to an activating group) is 1. The molecule has 0 spiro atoms. The van der Waals surface area contributed by atoms with Crippen LogP contribution in [-0.2, 0) is 14.4 Å². The van der Waals surface area contributed by atoms with Crippen LogP contribution in [0.2, 0.25) is 0 Å². The Bertz CT molecular complexity index is 895. The maximum Gasteiger partial charge on any atom is 0.253 e. The molecular formula is C27H43N5O5. The molecule has 0 saturated carbocycles. The number of unbranched alkanes of at least 4 members (excludes halogenated alkanes) is 2. The molecule has 3 N–H and O–H groups in total. The fourth-order valence-corrected chi connectivity index (χ4v) is 4.72. The van der Waals surface area contributed by atoms with Gasteiger partial charge >= 0.3 is 0 Å². The summed E-state index contributed by atoms with van der Waals surface area (Å²) in [7, 11) is 3.85. The number of likely N-dealkylation sites (tertiary alicyclic amines) is 1. The Morgan fingerprint density at radius 1 is 1.05 bits per heavy atom. The molecule has 0 aliphatic carbocycles. The fourth-order valence-electron chi connectivity index (χ4n) is 4.72. The molecule has 37 heavy (non-hydrogen) atoms. The van der Waals surface area contributed by atoms with Gasteiger partial charge in [0.1, 0.15) is 11.2 Å². The van der Waals surface area contributed by atoms with Gasteiger partial charge in [0.2, 0.25) is 18.2 Å². The zero-order valence-electron chi connectivity index (χ0n) is 22.7. The first kappa shape index (κ1) is 30.1. The first-order valence-electron chi connectivity index (χ1n) is 13.2. The molecule has 1 atom stereocenters. The second-order valence-corrected chi connectivity index (χ2v) is 9.72. The van der Waals surface area contributed by atoms with Gasteiger partial charge in [0.15, 0.2) is 6.23 Å². The average molecular weight is 518 g/mol. The Morgan fingerprint density at radius 2 is 1.68 bits per heavy atom. The van der Waals surface area contributed by atoms with Gasteiger partial charge < -0.3 is 30.5 Å². The van der Waals surface area contributed by atoms with E-state index >= 15 is 0 Å². The van der Waals surface area contributed by atoms with E-state index in [1.807, 2.05) is 43.0 Å².